The highest BCUT2D eigenvalue weighted by Crippen LogP contribution is 2.27. The lowest BCUT2D eigenvalue weighted by Gasteiger charge is -2.32. The Balaban J connectivity index is 1.89. The van der Waals surface area contributed by atoms with Gasteiger partial charge < -0.3 is 4.90 Å². The summed E-state index contributed by atoms with van der Waals surface area (Å²) < 4.78 is 25.8. The Bertz CT molecular complexity index is 372. The Labute approximate surface area is 103 Å². The van der Waals surface area contributed by atoms with E-state index in [2.05, 4.69) is 0 Å². The van der Waals surface area contributed by atoms with Crippen LogP contribution in [0.25, 0.3) is 0 Å². The fraction of sp³-hybridized carbons (Fsp3) is 0.727. The number of rotatable bonds is 2. The average molecular weight is 260 g/mol. The molecule has 0 bridgehead atoms. The number of carbonyl (C=O) groups excluding carboxylic acids is 3. The van der Waals surface area contributed by atoms with Crippen molar-refractivity contribution in [3.05, 3.63) is 0 Å². The van der Waals surface area contributed by atoms with Gasteiger partial charge in [-0.2, -0.15) is 0 Å². The number of alkyl halides is 2. The summed E-state index contributed by atoms with van der Waals surface area (Å²) in [5.41, 5.74) is 0. The normalized spacial score (nSPS) is 23.7. The van der Waals surface area contributed by atoms with Crippen LogP contribution in [0.4, 0.5) is 8.78 Å². The van der Waals surface area contributed by atoms with Crippen LogP contribution >= 0.6 is 0 Å². The minimum atomic E-state index is -2.71. The zero-order valence-electron chi connectivity index (χ0n) is 9.82. The number of nitrogens with zero attached hydrogens (tertiary/aromatic N) is 2. The van der Waals surface area contributed by atoms with E-state index in [0.29, 0.717) is 0 Å². The van der Waals surface area contributed by atoms with Crippen LogP contribution in [0.1, 0.15) is 25.7 Å². The fourth-order valence-electron chi connectivity index (χ4n) is 2.12. The van der Waals surface area contributed by atoms with Gasteiger partial charge in [0, 0.05) is 38.8 Å². The highest BCUT2D eigenvalue weighted by Gasteiger charge is 2.37. The van der Waals surface area contributed by atoms with E-state index < -0.39 is 11.8 Å². The quantitative estimate of drug-likeness (QED) is 0.675. The summed E-state index contributed by atoms with van der Waals surface area (Å²) in [6.07, 6.45) is -0.463. The van der Waals surface area contributed by atoms with Gasteiger partial charge in [0.15, 0.2) is 0 Å². The number of carbonyl (C=O) groups is 3. The van der Waals surface area contributed by atoms with Gasteiger partial charge in [-0.05, 0) is 0 Å². The molecule has 2 fully saturated rings. The van der Waals surface area contributed by atoms with Crippen LogP contribution in [-0.2, 0) is 14.4 Å². The molecule has 0 aliphatic carbocycles. The van der Waals surface area contributed by atoms with Crippen molar-refractivity contribution in [3.63, 3.8) is 0 Å². The smallest absolute Gasteiger partial charge is 0.251 e. The van der Waals surface area contributed by atoms with E-state index in [9.17, 15) is 23.2 Å². The number of hydrogen-bond donors (Lipinski definition) is 0. The van der Waals surface area contributed by atoms with E-state index in [1.165, 1.54) is 4.90 Å². The average Bonchev–Trinajstić information content (AvgIpc) is 2.60. The molecule has 100 valence electrons. The zero-order valence-corrected chi connectivity index (χ0v) is 9.82. The molecular weight excluding hydrogens is 246 g/mol. The van der Waals surface area contributed by atoms with E-state index in [1.54, 1.807) is 0 Å². The van der Waals surface area contributed by atoms with Gasteiger partial charge in [-0.25, -0.2) is 8.78 Å². The number of hydrogen-bond acceptors (Lipinski definition) is 3. The maximum absolute atomic E-state index is 12.9. The Morgan fingerprint density at radius 2 is 1.61 bits per heavy atom. The Morgan fingerprint density at radius 3 is 2.11 bits per heavy atom. The van der Waals surface area contributed by atoms with E-state index in [4.69, 9.17) is 0 Å². The largest absolute Gasteiger partial charge is 0.341 e. The molecule has 3 amide bonds. The van der Waals surface area contributed by atoms with Crippen molar-refractivity contribution in [1.29, 1.82) is 0 Å². The summed E-state index contributed by atoms with van der Waals surface area (Å²) in [5, 5.41) is 0. The van der Waals surface area contributed by atoms with Crippen LogP contribution in [0.5, 0.6) is 0 Å². The Morgan fingerprint density at radius 1 is 1.11 bits per heavy atom. The van der Waals surface area contributed by atoms with E-state index in [1.807, 2.05) is 0 Å². The van der Waals surface area contributed by atoms with Gasteiger partial charge in [-0.15, -0.1) is 0 Å². The molecule has 0 radical (unpaired) electrons. The van der Waals surface area contributed by atoms with Crippen LogP contribution in [0, 0.1) is 0 Å². The van der Waals surface area contributed by atoms with Gasteiger partial charge >= 0.3 is 0 Å². The number of likely N-dealkylation sites (tertiary alicyclic amines) is 2. The first-order valence-corrected chi connectivity index (χ1v) is 5.88. The number of halogens is 2. The van der Waals surface area contributed by atoms with Crippen molar-refractivity contribution in [3.8, 4) is 0 Å². The minimum absolute atomic E-state index is 0.0257. The molecule has 2 aliphatic heterocycles. The van der Waals surface area contributed by atoms with Crippen molar-refractivity contribution >= 4 is 17.7 Å². The van der Waals surface area contributed by atoms with Gasteiger partial charge in [0.25, 0.3) is 5.92 Å². The van der Waals surface area contributed by atoms with Crippen LogP contribution in [0.2, 0.25) is 0 Å². The second kappa shape index (κ2) is 4.62. The van der Waals surface area contributed by atoms with Crippen molar-refractivity contribution in [2.24, 2.45) is 0 Å². The third kappa shape index (κ3) is 2.65. The number of imide groups is 1. The Hall–Kier alpha value is -1.53. The molecule has 0 N–H and O–H groups in total. The zero-order chi connectivity index (χ0) is 13.3. The molecule has 18 heavy (non-hydrogen) atoms. The van der Waals surface area contributed by atoms with Gasteiger partial charge in [0.2, 0.25) is 17.7 Å². The topological polar surface area (TPSA) is 57.7 Å². The highest BCUT2D eigenvalue weighted by atomic mass is 19.3. The molecule has 7 heteroatoms. The lowest BCUT2D eigenvalue weighted by Crippen LogP contribution is -2.47. The number of amides is 3. The molecule has 0 spiro atoms. The maximum Gasteiger partial charge on any atom is 0.251 e. The molecule has 5 nitrogen and oxygen atoms in total. The summed E-state index contributed by atoms with van der Waals surface area (Å²) in [4.78, 5) is 36.6. The maximum atomic E-state index is 12.9. The van der Waals surface area contributed by atoms with Gasteiger partial charge in [-0.1, -0.05) is 0 Å². The minimum Gasteiger partial charge on any atom is -0.341 e. The fourth-order valence-corrected chi connectivity index (χ4v) is 2.12. The molecule has 0 unspecified atom stereocenters. The van der Waals surface area contributed by atoms with Crippen molar-refractivity contribution in [2.75, 3.05) is 19.6 Å². The molecular formula is C11H14F2N2O3. The van der Waals surface area contributed by atoms with Gasteiger partial charge in [0.05, 0.1) is 0 Å². The predicted molar refractivity (Wildman–Crippen MR) is 56.7 cm³/mol. The second-order valence-corrected chi connectivity index (χ2v) is 4.61. The van der Waals surface area contributed by atoms with Gasteiger partial charge in [0.1, 0.15) is 6.54 Å². The highest BCUT2D eigenvalue weighted by molar-refractivity contribution is 6.04. The SMILES string of the molecule is O=C(CN1C(=O)CCC1=O)N1CCC(F)(F)CC1. The third-order valence-corrected chi connectivity index (χ3v) is 3.30. The second-order valence-electron chi connectivity index (χ2n) is 4.61. The molecule has 2 saturated heterocycles. The summed E-state index contributed by atoms with van der Waals surface area (Å²) in [7, 11) is 0. The summed E-state index contributed by atoms with van der Waals surface area (Å²) in [5.74, 6) is -3.88. The molecule has 0 atom stereocenters. The molecule has 0 saturated carbocycles. The lowest BCUT2D eigenvalue weighted by atomic mass is 10.1. The van der Waals surface area contributed by atoms with Crippen LogP contribution < -0.4 is 0 Å². The van der Waals surface area contributed by atoms with Crippen LogP contribution in [0.3, 0.4) is 0 Å². The van der Waals surface area contributed by atoms with E-state index in [-0.39, 0.29) is 57.1 Å². The molecule has 0 aromatic rings. The van der Waals surface area contributed by atoms with Crippen molar-refractivity contribution in [2.45, 2.75) is 31.6 Å². The van der Waals surface area contributed by atoms with E-state index >= 15 is 0 Å². The molecule has 0 aromatic heterocycles. The first-order valence-electron chi connectivity index (χ1n) is 5.88. The van der Waals surface area contributed by atoms with Crippen LogP contribution in [-0.4, -0.2) is 53.1 Å². The lowest BCUT2D eigenvalue weighted by molar-refractivity contribution is -0.148. The van der Waals surface area contributed by atoms with Gasteiger partial charge in [-0.3, -0.25) is 19.3 Å². The van der Waals surface area contributed by atoms with Crippen molar-refractivity contribution in [1.82, 2.24) is 9.80 Å². The van der Waals surface area contributed by atoms with Crippen LogP contribution in [0.15, 0.2) is 0 Å². The molecule has 2 aliphatic rings. The standard InChI is InChI=1S/C11H14F2N2O3/c12-11(13)3-5-14(6-4-11)10(18)7-15-8(16)1-2-9(15)17/h1-7H2. The third-order valence-electron chi connectivity index (χ3n) is 3.30. The summed E-state index contributed by atoms with van der Waals surface area (Å²) >= 11 is 0. The predicted octanol–water partition coefficient (Wildman–Crippen LogP) is 0.393. The molecule has 2 heterocycles. The summed E-state index contributed by atoms with van der Waals surface area (Å²) in [6, 6.07) is 0. The molecule has 2 rings (SSSR count). The monoisotopic (exact) mass is 260 g/mol. The first-order chi connectivity index (χ1) is 8.39. The van der Waals surface area contributed by atoms with E-state index in [0.717, 1.165) is 4.90 Å². The Kier molecular flexibility index (Phi) is 3.32. The molecule has 0 aromatic carbocycles. The van der Waals surface area contributed by atoms with Crippen molar-refractivity contribution < 1.29 is 23.2 Å². The summed E-state index contributed by atoms with van der Waals surface area (Å²) in [6.45, 7) is -0.368. The number of piperidine rings is 1. The first kappa shape index (κ1) is 12.9.